The lowest BCUT2D eigenvalue weighted by Crippen LogP contribution is -2.57. The van der Waals surface area contributed by atoms with Crippen LogP contribution >= 0.6 is 23.2 Å². The van der Waals surface area contributed by atoms with E-state index < -0.39 is 0 Å². The number of fused-ring (bicyclic) bond motifs is 1. The predicted octanol–water partition coefficient (Wildman–Crippen LogP) is 5.13. The molecule has 0 aliphatic carbocycles. The highest BCUT2D eigenvalue weighted by Crippen LogP contribution is 2.30. The Balaban J connectivity index is 1.66. The van der Waals surface area contributed by atoms with Crippen molar-refractivity contribution >= 4 is 39.7 Å². The van der Waals surface area contributed by atoms with Crippen molar-refractivity contribution in [3.05, 3.63) is 76.3 Å². The van der Waals surface area contributed by atoms with Gasteiger partial charge in [0.1, 0.15) is 0 Å². The van der Waals surface area contributed by atoms with Crippen LogP contribution in [0.5, 0.6) is 0 Å². The van der Waals surface area contributed by atoms with E-state index in [0.717, 1.165) is 25.3 Å². The van der Waals surface area contributed by atoms with Crippen molar-refractivity contribution in [2.45, 2.75) is 12.6 Å². The second-order valence-electron chi connectivity index (χ2n) is 6.22. The van der Waals surface area contributed by atoms with Crippen LogP contribution in [-0.2, 0) is 6.54 Å². The van der Waals surface area contributed by atoms with E-state index in [1.807, 2.05) is 18.2 Å². The Kier molecular flexibility index (Phi) is 4.36. The summed E-state index contributed by atoms with van der Waals surface area (Å²) < 4.78 is 0. The summed E-state index contributed by atoms with van der Waals surface area (Å²) in [4.78, 5) is 2.41. The lowest BCUT2D eigenvalue weighted by molar-refractivity contribution is 0.411. The Morgan fingerprint density at radius 1 is 0.875 bits per heavy atom. The van der Waals surface area contributed by atoms with Crippen LogP contribution in [0.2, 0.25) is 10.0 Å². The zero-order valence-corrected chi connectivity index (χ0v) is 14.7. The summed E-state index contributed by atoms with van der Waals surface area (Å²) >= 11 is 12.3. The Labute approximate surface area is 152 Å². The first-order valence-corrected chi connectivity index (χ1v) is 8.86. The molecule has 24 heavy (non-hydrogen) atoms. The number of nitrogens with one attached hydrogen (secondary N) is 1. The van der Waals surface area contributed by atoms with Gasteiger partial charge in [-0.2, -0.15) is 0 Å². The maximum Gasteiger partial charge on any atom is 0.0612 e. The summed E-state index contributed by atoms with van der Waals surface area (Å²) in [6.45, 7) is 2.84. The lowest BCUT2D eigenvalue weighted by Gasteiger charge is -2.40. The van der Waals surface area contributed by atoms with Crippen LogP contribution in [-0.4, -0.2) is 19.1 Å². The van der Waals surface area contributed by atoms with Gasteiger partial charge in [-0.25, -0.2) is 0 Å². The molecule has 3 aromatic rings. The minimum absolute atomic E-state index is 0.480. The summed E-state index contributed by atoms with van der Waals surface area (Å²) in [5.74, 6) is 0. The molecule has 122 valence electrons. The van der Waals surface area contributed by atoms with E-state index >= 15 is 0 Å². The maximum absolute atomic E-state index is 6.23. The molecule has 1 fully saturated rings. The highest BCUT2D eigenvalue weighted by molar-refractivity contribution is 6.42. The molecule has 0 amide bonds. The third-order valence-electron chi connectivity index (χ3n) is 4.60. The zero-order valence-electron chi connectivity index (χ0n) is 13.2. The molecule has 0 bridgehead atoms. The van der Waals surface area contributed by atoms with Crippen LogP contribution in [0, 0.1) is 0 Å². The summed E-state index contributed by atoms with van der Waals surface area (Å²) in [7, 11) is 0. The minimum atomic E-state index is 0.480. The van der Waals surface area contributed by atoms with Gasteiger partial charge in [0.2, 0.25) is 0 Å². The molecular formula is C20H18Cl2N2. The van der Waals surface area contributed by atoms with E-state index in [9.17, 15) is 0 Å². The van der Waals surface area contributed by atoms with Crippen LogP contribution in [0.4, 0.5) is 5.69 Å². The molecular weight excluding hydrogens is 339 g/mol. The van der Waals surface area contributed by atoms with Crippen molar-refractivity contribution in [1.82, 2.24) is 5.32 Å². The van der Waals surface area contributed by atoms with Crippen molar-refractivity contribution in [2.75, 3.05) is 18.0 Å². The molecule has 0 unspecified atom stereocenters. The predicted molar refractivity (Wildman–Crippen MR) is 103 cm³/mol. The number of hydrogen-bond acceptors (Lipinski definition) is 2. The highest BCUT2D eigenvalue weighted by Gasteiger charge is 2.25. The van der Waals surface area contributed by atoms with Crippen LogP contribution in [0.1, 0.15) is 5.56 Å². The summed E-state index contributed by atoms with van der Waals surface area (Å²) in [5.41, 5.74) is 2.41. The molecule has 0 aromatic heterocycles. The van der Waals surface area contributed by atoms with E-state index in [1.54, 1.807) is 0 Å². The largest absolute Gasteiger partial charge is 0.362 e. The monoisotopic (exact) mass is 356 g/mol. The first-order chi connectivity index (χ1) is 11.7. The fourth-order valence-corrected chi connectivity index (χ4v) is 3.41. The minimum Gasteiger partial charge on any atom is -0.362 e. The fraction of sp³-hybridized carbons (Fsp3) is 0.200. The van der Waals surface area contributed by atoms with Gasteiger partial charge in [-0.15, -0.1) is 0 Å². The van der Waals surface area contributed by atoms with Gasteiger partial charge in [0.15, 0.2) is 0 Å². The number of halogens is 2. The molecule has 4 heteroatoms. The number of anilines is 1. The Morgan fingerprint density at radius 3 is 2.38 bits per heavy atom. The van der Waals surface area contributed by atoms with Crippen LogP contribution in [0.3, 0.4) is 0 Å². The van der Waals surface area contributed by atoms with Crippen molar-refractivity contribution in [2.24, 2.45) is 0 Å². The van der Waals surface area contributed by atoms with Crippen LogP contribution < -0.4 is 10.2 Å². The van der Waals surface area contributed by atoms with E-state index in [0.29, 0.717) is 16.1 Å². The molecule has 0 spiro atoms. The molecule has 0 radical (unpaired) electrons. The van der Waals surface area contributed by atoms with Crippen molar-refractivity contribution in [1.29, 1.82) is 0 Å². The Bertz CT molecular complexity index is 874. The standard InChI is InChI=1S/C20H18Cl2N2/c21-19-8-7-17(10-20(19)22)24(18-11-23-12-18)13-14-5-6-15-3-1-2-4-16(15)9-14/h1-10,18,23H,11-13H2. The van der Waals surface area contributed by atoms with Crippen molar-refractivity contribution in [3.63, 3.8) is 0 Å². The number of nitrogens with zero attached hydrogens (tertiary/aromatic N) is 1. The van der Waals surface area contributed by atoms with Crippen molar-refractivity contribution < 1.29 is 0 Å². The summed E-state index contributed by atoms with van der Waals surface area (Å²) in [6.07, 6.45) is 0. The fourth-order valence-electron chi connectivity index (χ4n) is 3.12. The Morgan fingerprint density at radius 2 is 1.67 bits per heavy atom. The molecule has 4 rings (SSSR count). The van der Waals surface area contributed by atoms with Crippen LogP contribution in [0.25, 0.3) is 10.8 Å². The normalized spacial score (nSPS) is 14.6. The second kappa shape index (κ2) is 6.64. The quantitative estimate of drug-likeness (QED) is 0.697. The third-order valence-corrected chi connectivity index (χ3v) is 5.34. The molecule has 1 N–H and O–H groups in total. The van der Waals surface area contributed by atoms with Gasteiger partial charge in [0.25, 0.3) is 0 Å². The number of benzene rings is 3. The average Bonchev–Trinajstić information content (AvgIpc) is 2.55. The molecule has 1 heterocycles. The van der Waals surface area contributed by atoms with Gasteiger partial charge in [-0.3, -0.25) is 0 Å². The summed E-state index contributed by atoms with van der Waals surface area (Å²) in [5, 5.41) is 7.09. The molecule has 0 saturated carbocycles. The zero-order chi connectivity index (χ0) is 16.5. The van der Waals surface area contributed by atoms with Gasteiger partial charge in [-0.05, 0) is 40.6 Å². The first kappa shape index (κ1) is 15.8. The van der Waals surface area contributed by atoms with E-state index in [-0.39, 0.29) is 0 Å². The molecule has 3 aromatic carbocycles. The van der Waals surface area contributed by atoms with Crippen molar-refractivity contribution in [3.8, 4) is 0 Å². The van der Waals surface area contributed by atoms with Gasteiger partial charge in [0, 0.05) is 25.3 Å². The molecule has 1 aliphatic heterocycles. The van der Waals surface area contributed by atoms with Crippen LogP contribution in [0.15, 0.2) is 60.7 Å². The van der Waals surface area contributed by atoms with E-state index in [4.69, 9.17) is 23.2 Å². The van der Waals surface area contributed by atoms with E-state index in [2.05, 4.69) is 52.7 Å². The topological polar surface area (TPSA) is 15.3 Å². The lowest BCUT2D eigenvalue weighted by atomic mass is 10.0. The average molecular weight is 357 g/mol. The maximum atomic E-state index is 6.23. The second-order valence-corrected chi connectivity index (χ2v) is 7.03. The molecule has 2 nitrogen and oxygen atoms in total. The van der Waals surface area contributed by atoms with Gasteiger partial charge in [0.05, 0.1) is 16.1 Å². The SMILES string of the molecule is Clc1ccc(N(Cc2ccc3ccccc3c2)C2CNC2)cc1Cl. The molecule has 1 saturated heterocycles. The number of hydrogen-bond donors (Lipinski definition) is 1. The Hall–Kier alpha value is -1.74. The smallest absolute Gasteiger partial charge is 0.0612 e. The van der Waals surface area contributed by atoms with Gasteiger partial charge in [-0.1, -0.05) is 59.6 Å². The number of rotatable bonds is 4. The molecule has 0 atom stereocenters. The van der Waals surface area contributed by atoms with E-state index in [1.165, 1.54) is 16.3 Å². The van der Waals surface area contributed by atoms with Gasteiger partial charge < -0.3 is 10.2 Å². The first-order valence-electron chi connectivity index (χ1n) is 8.11. The third kappa shape index (κ3) is 3.10. The molecule has 1 aliphatic rings. The highest BCUT2D eigenvalue weighted by atomic mass is 35.5. The van der Waals surface area contributed by atoms with Gasteiger partial charge >= 0.3 is 0 Å². The summed E-state index contributed by atoms with van der Waals surface area (Å²) in [6, 6.07) is 21.5.